The first-order valence-electron chi connectivity index (χ1n) is 3.52. The number of hydrogen-bond donors (Lipinski definition) is 1. The Hall–Kier alpha value is -1.42. The molecule has 4 nitrogen and oxygen atoms in total. The molecule has 0 spiro atoms. The second-order valence-electron chi connectivity index (χ2n) is 2.25. The number of rotatable bonds is 3. The van der Waals surface area contributed by atoms with Gasteiger partial charge in [-0.1, -0.05) is 6.08 Å². The zero-order chi connectivity index (χ0) is 8.97. The van der Waals surface area contributed by atoms with Crippen molar-refractivity contribution in [2.45, 2.75) is 6.04 Å². The molecule has 2 N–H and O–H groups in total. The van der Waals surface area contributed by atoms with Crippen LogP contribution in [0.15, 0.2) is 25.0 Å². The molecule has 1 aromatic heterocycles. The molecule has 64 valence electrons. The van der Waals surface area contributed by atoms with Crippen molar-refractivity contribution >= 4 is 0 Å². The van der Waals surface area contributed by atoms with Crippen LogP contribution in [0.2, 0.25) is 0 Å². The van der Waals surface area contributed by atoms with Crippen molar-refractivity contribution < 1.29 is 4.74 Å². The van der Waals surface area contributed by atoms with E-state index < -0.39 is 0 Å². The van der Waals surface area contributed by atoms with Crippen LogP contribution in [0.25, 0.3) is 0 Å². The number of nitrogens with two attached hydrogens (primary N) is 1. The fraction of sp³-hybridized carbons (Fsp3) is 0.250. The summed E-state index contributed by atoms with van der Waals surface area (Å²) in [5.41, 5.74) is 6.36. The van der Waals surface area contributed by atoms with E-state index in [1.807, 2.05) is 0 Å². The molecular weight excluding hydrogens is 154 g/mol. The lowest BCUT2D eigenvalue weighted by atomic mass is 10.2. The Kier molecular flexibility index (Phi) is 2.76. The maximum absolute atomic E-state index is 5.65. The smallest absolute Gasteiger partial charge is 0.216 e. The van der Waals surface area contributed by atoms with Crippen LogP contribution in [0.1, 0.15) is 11.7 Å². The summed E-state index contributed by atoms with van der Waals surface area (Å²) in [5, 5.41) is 0. The predicted octanol–water partition coefficient (Wildman–Crippen LogP) is 0.671. The number of hydrogen-bond acceptors (Lipinski definition) is 4. The third-order valence-electron chi connectivity index (χ3n) is 1.47. The van der Waals surface area contributed by atoms with Gasteiger partial charge < -0.3 is 10.5 Å². The molecule has 0 saturated carbocycles. The summed E-state index contributed by atoms with van der Waals surface area (Å²) in [6.07, 6.45) is 3.03. The van der Waals surface area contributed by atoms with Crippen molar-refractivity contribution in [2.24, 2.45) is 5.73 Å². The van der Waals surface area contributed by atoms with Crippen LogP contribution in [0, 0.1) is 0 Å². The summed E-state index contributed by atoms with van der Waals surface area (Å²) < 4.78 is 4.91. The summed E-state index contributed by atoms with van der Waals surface area (Å²) in [6.45, 7) is 3.57. The van der Waals surface area contributed by atoms with Crippen LogP contribution in [0.4, 0.5) is 0 Å². The zero-order valence-electron chi connectivity index (χ0n) is 6.90. The molecule has 1 heterocycles. The summed E-state index contributed by atoms with van der Waals surface area (Å²) in [5.74, 6) is 0.511. The average Bonchev–Trinajstić information content (AvgIpc) is 2.17. The Balaban J connectivity index is 2.93. The molecule has 0 fully saturated rings. The third-order valence-corrected chi connectivity index (χ3v) is 1.47. The Morgan fingerprint density at radius 1 is 1.67 bits per heavy atom. The highest BCUT2D eigenvalue weighted by Crippen LogP contribution is 2.11. The summed E-state index contributed by atoms with van der Waals surface area (Å²) in [4.78, 5) is 7.82. The van der Waals surface area contributed by atoms with Crippen LogP contribution in [-0.2, 0) is 0 Å². The van der Waals surface area contributed by atoms with E-state index in [-0.39, 0.29) is 6.04 Å². The molecular formula is C8H11N3O. The van der Waals surface area contributed by atoms with Crippen molar-refractivity contribution in [2.75, 3.05) is 7.11 Å². The first kappa shape index (κ1) is 8.67. The molecule has 4 heteroatoms. The minimum absolute atomic E-state index is 0.262. The second kappa shape index (κ2) is 3.82. The molecule has 0 bridgehead atoms. The molecule has 1 rings (SSSR count). The van der Waals surface area contributed by atoms with Crippen LogP contribution in [0.5, 0.6) is 5.88 Å². The lowest BCUT2D eigenvalue weighted by Gasteiger charge is -2.05. The molecule has 0 aliphatic rings. The standard InChI is InChI=1S/C8H11N3O/c1-3-6(9)7-4-8(12-2)11-5-10-7/h3-6H,1,9H2,2H3. The van der Waals surface area contributed by atoms with E-state index in [9.17, 15) is 0 Å². The Bertz CT molecular complexity index is 275. The second-order valence-corrected chi connectivity index (χ2v) is 2.25. The Morgan fingerprint density at radius 3 is 3.00 bits per heavy atom. The lowest BCUT2D eigenvalue weighted by molar-refractivity contribution is 0.395. The lowest BCUT2D eigenvalue weighted by Crippen LogP contribution is -2.09. The van der Waals surface area contributed by atoms with E-state index in [2.05, 4.69) is 16.5 Å². The summed E-state index contributed by atoms with van der Waals surface area (Å²) >= 11 is 0. The van der Waals surface area contributed by atoms with Gasteiger partial charge in [0.1, 0.15) is 6.33 Å². The largest absolute Gasteiger partial charge is 0.481 e. The molecule has 0 aromatic carbocycles. The molecule has 1 unspecified atom stereocenters. The fourth-order valence-electron chi connectivity index (χ4n) is 0.768. The van der Waals surface area contributed by atoms with E-state index in [1.165, 1.54) is 6.33 Å². The third kappa shape index (κ3) is 1.79. The normalized spacial score (nSPS) is 12.2. The number of methoxy groups -OCH3 is 1. The highest BCUT2D eigenvalue weighted by molar-refractivity contribution is 5.18. The van der Waals surface area contributed by atoms with Gasteiger partial charge in [0.05, 0.1) is 18.8 Å². The number of nitrogens with zero attached hydrogens (tertiary/aromatic N) is 2. The SMILES string of the molecule is C=CC(N)c1cc(OC)ncn1. The molecule has 12 heavy (non-hydrogen) atoms. The Labute approximate surface area is 71.1 Å². The molecule has 0 aliphatic carbocycles. The van der Waals surface area contributed by atoms with Gasteiger partial charge in [0.25, 0.3) is 0 Å². The minimum Gasteiger partial charge on any atom is -0.481 e. The molecule has 0 aliphatic heterocycles. The van der Waals surface area contributed by atoms with Crippen molar-refractivity contribution in [1.29, 1.82) is 0 Å². The number of aromatic nitrogens is 2. The molecule has 0 radical (unpaired) electrons. The number of ether oxygens (including phenoxy) is 1. The highest BCUT2D eigenvalue weighted by atomic mass is 16.5. The molecule has 1 aromatic rings. The van der Waals surface area contributed by atoms with Gasteiger partial charge in [-0.25, -0.2) is 9.97 Å². The van der Waals surface area contributed by atoms with Crippen LogP contribution >= 0.6 is 0 Å². The highest BCUT2D eigenvalue weighted by Gasteiger charge is 2.03. The minimum atomic E-state index is -0.262. The Morgan fingerprint density at radius 2 is 2.42 bits per heavy atom. The van der Waals surface area contributed by atoms with E-state index in [1.54, 1.807) is 19.3 Å². The van der Waals surface area contributed by atoms with Gasteiger partial charge in [0.2, 0.25) is 5.88 Å². The average molecular weight is 165 g/mol. The van der Waals surface area contributed by atoms with Crippen LogP contribution in [0.3, 0.4) is 0 Å². The van der Waals surface area contributed by atoms with Crippen LogP contribution < -0.4 is 10.5 Å². The van der Waals surface area contributed by atoms with Crippen molar-refractivity contribution in [3.8, 4) is 5.88 Å². The van der Waals surface area contributed by atoms with Gasteiger partial charge in [0, 0.05) is 6.07 Å². The molecule has 1 atom stereocenters. The maximum atomic E-state index is 5.65. The van der Waals surface area contributed by atoms with Gasteiger partial charge in [-0.05, 0) is 0 Å². The van der Waals surface area contributed by atoms with Gasteiger partial charge in [0.15, 0.2) is 0 Å². The van der Waals surface area contributed by atoms with Crippen molar-refractivity contribution in [3.63, 3.8) is 0 Å². The molecule has 0 amide bonds. The fourth-order valence-corrected chi connectivity index (χ4v) is 0.768. The van der Waals surface area contributed by atoms with Gasteiger partial charge in [-0.15, -0.1) is 6.58 Å². The van der Waals surface area contributed by atoms with E-state index in [0.717, 1.165) is 0 Å². The predicted molar refractivity (Wildman–Crippen MR) is 45.7 cm³/mol. The summed E-state index contributed by atoms with van der Waals surface area (Å²) in [6, 6.07) is 1.42. The topological polar surface area (TPSA) is 61.0 Å². The first-order valence-corrected chi connectivity index (χ1v) is 3.52. The van der Waals surface area contributed by atoms with Gasteiger partial charge in [-0.2, -0.15) is 0 Å². The van der Waals surface area contributed by atoms with Gasteiger partial charge in [-0.3, -0.25) is 0 Å². The summed E-state index contributed by atoms with van der Waals surface area (Å²) in [7, 11) is 1.55. The van der Waals surface area contributed by atoms with E-state index >= 15 is 0 Å². The van der Waals surface area contributed by atoms with Crippen molar-refractivity contribution in [3.05, 3.63) is 30.7 Å². The quantitative estimate of drug-likeness (QED) is 0.669. The molecule has 0 saturated heterocycles. The van der Waals surface area contributed by atoms with Crippen LogP contribution in [-0.4, -0.2) is 17.1 Å². The van der Waals surface area contributed by atoms with E-state index in [4.69, 9.17) is 10.5 Å². The maximum Gasteiger partial charge on any atom is 0.216 e. The van der Waals surface area contributed by atoms with Crippen molar-refractivity contribution in [1.82, 2.24) is 9.97 Å². The monoisotopic (exact) mass is 165 g/mol. The zero-order valence-corrected chi connectivity index (χ0v) is 6.90. The first-order chi connectivity index (χ1) is 5.77. The van der Waals surface area contributed by atoms with E-state index in [0.29, 0.717) is 11.6 Å². The van der Waals surface area contributed by atoms with Gasteiger partial charge >= 0.3 is 0 Å².